The Balaban J connectivity index is 0.974. The van der Waals surface area contributed by atoms with Crippen molar-refractivity contribution >= 4 is 41.1 Å². The third kappa shape index (κ3) is 12.2. The number of piperidine rings is 1. The zero-order valence-corrected chi connectivity index (χ0v) is 39.3. The first-order valence-corrected chi connectivity index (χ1v) is 23.0. The fourth-order valence-electron chi connectivity index (χ4n) is 8.49. The summed E-state index contributed by atoms with van der Waals surface area (Å²) in [5.41, 5.74) is 12.3. The van der Waals surface area contributed by atoms with Crippen LogP contribution in [0.25, 0.3) is 11.1 Å². The number of carboxylic acid groups (broad SMARTS) is 1. The van der Waals surface area contributed by atoms with E-state index in [2.05, 4.69) is 63.0 Å². The van der Waals surface area contributed by atoms with Gasteiger partial charge in [-0.05, 0) is 96.8 Å². The van der Waals surface area contributed by atoms with Crippen LogP contribution in [0, 0.1) is 19.8 Å². The van der Waals surface area contributed by atoms with Gasteiger partial charge in [0.15, 0.2) is 0 Å². The number of aliphatic hydroxyl groups is 1. The number of likely N-dealkylation sites (tertiary alicyclic amines) is 1. The van der Waals surface area contributed by atoms with Gasteiger partial charge in [0.1, 0.15) is 49.4 Å². The number of carboxylic acids is 1. The third-order valence-electron chi connectivity index (χ3n) is 12.1. The lowest BCUT2D eigenvalue weighted by Crippen LogP contribution is -2.35. The molecule has 0 saturated carbocycles. The molecule has 2 aliphatic rings. The van der Waals surface area contributed by atoms with Crippen molar-refractivity contribution in [2.45, 2.75) is 72.7 Å². The largest absolute Gasteiger partial charge is 0.488 e. The van der Waals surface area contributed by atoms with Gasteiger partial charge in [-0.2, -0.15) is 0 Å². The number of halogens is 2. The summed E-state index contributed by atoms with van der Waals surface area (Å²) in [6.07, 6.45) is 10.8. The van der Waals surface area contributed by atoms with Crippen LogP contribution in [-0.2, 0) is 44.4 Å². The topological polar surface area (TPSA) is 148 Å². The molecule has 2 aromatic heterocycles. The molecule has 346 valence electrons. The number of aliphatic imine (C=N–C) groups is 2. The molecule has 0 aliphatic carbocycles. The Morgan fingerprint density at radius 1 is 0.761 bits per heavy atom. The molecular weight excluding hydrogens is 890 g/mol. The molecule has 0 amide bonds. The number of benzene rings is 4. The molecule has 0 spiro atoms. The lowest BCUT2D eigenvalue weighted by atomic mass is 9.92. The van der Waals surface area contributed by atoms with Gasteiger partial charge in [-0.15, -0.1) is 0 Å². The Morgan fingerprint density at radius 3 is 1.94 bits per heavy atom. The van der Waals surface area contributed by atoms with E-state index in [9.17, 15) is 15.0 Å². The Labute approximate surface area is 400 Å². The lowest BCUT2D eigenvalue weighted by Gasteiger charge is -2.32. The van der Waals surface area contributed by atoms with Crippen molar-refractivity contribution in [2.24, 2.45) is 15.9 Å². The van der Waals surface area contributed by atoms with Crippen LogP contribution < -0.4 is 18.9 Å². The molecule has 12 nitrogen and oxygen atoms in total. The van der Waals surface area contributed by atoms with Crippen molar-refractivity contribution in [3.8, 4) is 34.1 Å². The second-order valence-electron chi connectivity index (χ2n) is 17.0. The van der Waals surface area contributed by atoms with Crippen LogP contribution in [0.3, 0.4) is 0 Å². The average Bonchev–Trinajstić information content (AvgIpc) is 4.18. The highest BCUT2D eigenvalue weighted by Crippen LogP contribution is 2.38. The lowest BCUT2D eigenvalue weighted by molar-refractivity contribution is -0.138. The van der Waals surface area contributed by atoms with Crippen LogP contribution in [0.2, 0.25) is 10.0 Å². The number of nitrogens with zero attached hydrogens (tertiary/aromatic N) is 5. The van der Waals surface area contributed by atoms with Crippen molar-refractivity contribution in [1.29, 1.82) is 0 Å². The Hall–Kier alpha value is -6.31. The Morgan fingerprint density at radius 2 is 1.34 bits per heavy atom. The van der Waals surface area contributed by atoms with E-state index < -0.39 is 5.97 Å². The van der Waals surface area contributed by atoms with E-state index in [1.165, 1.54) is 0 Å². The van der Waals surface area contributed by atoms with Crippen LogP contribution in [0.4, 0.5) is 0 Å². The normalized spacial score (nSPS) is 14.8. The average molecular weight is 943 g/mol. The van der Waals surface area contributed by atoms with Crippen LogP contribution in [-0.4, -0.2) is 69.7 Å². The van der Waals surface area contributed by atoms with Gasteiger partial charge in [-0.3, -0.25) is 29.6 Å². The molecule has 0 radical (unpaired) electrons. The third-order valence-corrected chi connectivity index (χ3v) is 12.7. The summed E-state index contributed by atoms with van der Waals surface area (Å²) in [7, 11) is 1.71. The number of aromatic nitrogens is 2. The van der Waals surface area contributed by atoms with E-state index in [1.54, 1.807) is 44.0 Å². The minimum absolute atomic E-state index is 0.0934. The van der Waals surface area contributed by atoms with Crippen molar-refractivity contribution in [2.75, 3.05) is 26.7 Å². The molecule has 4 heterocycles. The second-order valence-corrected chi connectivity index (χ2v) is 17.8. The zero-order valence-electron chi connectivity index (χ0n) is 37.8. The van der Waals surface area contributed by atoms with E-state index in [4.69, 9.17) is 42.1 Å². The van der Waals surface area contributed by atoms with Crippen LogP contribution in [0.1, 0.15) is 74.9 Å². The molecule has 1 atom stereocenters. The first-order valence-electron chi connectivity index (χ1n) is 22.3. The summed E-state index contributed by atoms with van der Waals surface area (Å²) in [6, 6.07) is 23.5. The van der Waals surface area contributed by atoms with Gasteiger partial charge in [0.25, 0.3) is 0 Å². The Kier molecular flexibility index (Phi) is 15.5. The smallest absolute Gasteiger partial charge is 0.303 e. The number of hydrogen-bond acceptors (Lipinski definition) is 11. The van der Waals surface area contributed by atoms with Crippen molar-refractivity contribution in [1.82, 2.24) is 14.9 Å². The number of hydrogen-bond donors (Lipinski definition) is 2. The maximum atomic E-state index is 11.5. The monoisotopic (exact) mass is 941 g/mol. The fraction of sp³-hybridized carbons (Fsp3) is 0.302. The molecule has 8 rings (SSSR count). The van der Waals surface area contributed by atoms with Crippen molar-refractivity contribution in [3.63, 3.8) is 0 Å². The van der Waals surface area contributed by atoms with Gasteiger partial charge < -0.3 is 29.2 Å². The summed E-state index contributed by atoms with van der Waals surface area (Å²) in [5, 5.41) is 20.4. The van der Waals surface area contributed by atoms with Gasteiger partial charge in [0.2, 0.25) is 0 Å². The summed E-state index contributed by atoms with van der Waals surface area (Å²) < 4.78 is 25.5. The first-order chi connectivity index (χ1) is 32.5. The second kappa shape index (κ2) is 22.0. The minimum Gasteiger partial charge on any atom is -0.488 e. The maximum absolute atomic E-state index is 11.5. The van der Waals surface area contributed by atoms with Gasteiger partial charge in [0, 0.05) is 103 Å². The molecule has 67 heavy (non-hydrogen) atoms. The Bertz CT molecular complexity index is 2820. The summed E-state index contributed by atoms with van der Waals surface area (Å²) in [5.74, 6) is 1.36. The first kappa shape index (κ1) is 47.2. The van der Waals surface area contributed by atoms with Crippen LogP contribution in [0.5, 0.6) is 23.0 Å². The standard InChI is InChI=1S/C53H53Cl2N5O7/c1-33-39(31-66-51-18-49(64-30-38-14-41(24-58-23-38)48-25-59-48)42(16-46(51)54)27-60-12-6-7-35(26-60)15-53(62)63)8-4-10-44(33)45-11-5-9-40(34(45)2)32-67-52-19-50(43(28-61)17-47(52)55)65-29-37-13-36(20-56-3)21-57-22-37/h4-5,8-11,13-14,16-24,35,61H,6-7,12,15,25-32H2,1-3H3,(H,62,63)/b56-20+/t35-/m1/s1. The minimum atomic E-state index is -0.770. The molecular formula is C53H53Cl2N5O7. The van der Waals surface area contributed by atoms with E-state index in [-0.39, 0.29) is 45.4 Å². The molecule has 1 fully saturated rings. The summed E-state index contributed by atoms with van der Waals surface area (Å²) >= 11 is 13.7. The van der Waals surface area contributed by atoms with Crippen molar-refractivity contribution in [3.05, 3.63) is 163 Å². The van der Waals surface area contributed by atoms with E-state index >= 15 is 0 Å². The molecule has 0 bridgehead atoms. The molecule has 1 saturated heterocycles. The van der Waals surface area contributed by atoms with E-state index in [0.29, 0.717) is 51.7 Å². The highest BCUT2D eigenvalue weighted by Gasteiger charge is 2.24. The number of pyridine rings is 2. The number of ether oxygens (including phenoxy) is 4. The molecule has 6 aromatic rings. The summed E-state index contributed by atoms with van der Waals surface area (Å²) in [6.45, 7) is 7.80. The van der Waals surface area contributed by atoms with Gasteiger partial charge in [-0.25, -0.2) is 0 Å². The predicted octanol–water partition coefficient (Wildman–Crippen LogP) is 10.4. The SMILES string of the molecule is C/N=C/c1cncc(COc2cc(OCc3cccc(-c4cccc(COc5cc(OCc6cncc(C7=NC7)c6)c(CN6CCC[C@H](CC(=O)O)C6)cc5Cl)c4C)c3C)c(Cl)cc2CO)c1. The van der Waals surface area contributed by atoms with Gasteiger partial charge in [0.05, 0.1) is 28.9 Å². The van der Waals surface area contributed by atoms with Gasteiger partial charge >= 0.3 is 5.97 Å². The molecule has 0 unspecified atom stereocenters. The molecule has 4 aromatic carbocycles. The molecule has 2 N–H and O–H groups in total. The van der Waals surface area contributed by atoms with E-state index in [1.807, 2.05) is 42.6 Å². The van der Waals surface area contributed by atoms with Crippen molar-refractivity contribution < 1.29 is 34.0 Å². The highest BCUT2D eigenvalue weighted by atomic mass is 35.5. The number of aliphatic hydroxyl groups excluding tert-OH is 1. The van der Waals surface area contributed by atoms with Gasteiger partial charge in [-0.1, -0.05) is 59.6 Å². The summed E-state index contributed by atoms with van der Waals surface area (Å²) in [4.78, 5) is 30.9. The number of carbonyl (C=O) groups is 1. The number of aliphatic carboxylic acids is 1. The predicted molar refractivity (Wildman–Crippen MR) is 261 cm³/mol. The highest BCUT2D eigenvalue weighted by molar-refractivity contribution is 6.32. The van der Waals surface area contributed by atoms with Crippen LogP contribution >= 0.6 is 23.2 Å². The molecule has 14 heteroatoms. The number of rotatable bonds is 20. The van der Waals surface area contributed by atoms with Crippen LogP contribution in [0.15, 0.2) is 108 Å². The zero-order chi connectivity index (χ0) is 46.9. The fourth-order valence-corrected chi connectivity index (χ4v) is 8.97. The van der Waals surface area contributed by atoms with E-state index in [0.717, 1.165) is 92.8 Å². The quantitative estimate of drug-likeness (QED) is 0.0709. The molecule has 2 aliphatic heterocycles. The maximum Gasteiger partial charge on any atom is 0.303 e.